The lowest BCUT2D eigenvalue weighted by atomic mass is 9.88. The van der Waals surface area contributed by atoms with E-state index in [1.54, 1.807) is 152 Å². The molecule has 0 saturated heterocycles. The number of halogens is 13. The lowest BCUT2D eigenvalue weighted by Gasteiger charge is -2.19. The molecule has 0 radical (unpaired) electrons. The lowest BCUT2D eigenvalue weighted by Crippen LogP contribution is -2.33. The molecule has 0 amide bonds. The maximum atomic E-state index is 14.0. The monoisotopic (exact) mass is 1880 g/mol. The summed E-state index contributed by atoms with van der Waals surface area (Å²) in [6.07, 6.45) is 4.43. The number of carbonyl (C=O) groups is 5. The first-order valence-electron chi connectivity index (χ1n) is 39.3. The van der Waals surface area contributed by atoms with Crippen LogP contribution in [0.2, 0.25) is 50.2 Å². The smallest absolute Gasteiger partial charge is 0.184 e. The number of hydrogen-bond donors (Lipinski definition) is 5. The number of unbranched alkanes of at least 4 members (excludes halogenated alkanes) is 2. The fraction of sp³-hybridized carbons (Fsp3) is 0.271. The van der Waals surface area contributed by atoms with Gasteiger partial charge in [0.15, 0.2) is 28.9 Å². The van der Waals surface area contributed by atoms with E-state index >= 15 is 0 Å². The molecule has 10 aromatic carbocycles. The Hall–Kier alpha value is -9.41. The van der Waals surface area contributed by atoms with Crippen molar-refractivity contribution < 1.29 is 37.1 Å². The minimum Gasteiger partial charge on any atom is -0.379 e. The quantitative estimate of drug-likeness (QED) is 0.0246. The van der Waals surface area contributed by atoms with Crippen molar-refractivity contribution in [3.05, 3.63) is 292 Å². The topological polar surface area (TPSA) is 207 Å². The molecular weight excluding hydrogens is 1780 g/mol. The zero-order valence-electron chi connectivity index (χ0n) is 69.6. The van der Waals surface area contributed by atoms with Crippen LogP contribution in [0.4, 0.5) is 70.0 Å². The summed E-state index contributed by atoms with van der Waals surface area (Å²) in [6.45, 7) is 20.4. The number of benzene rings is 10. The van der Waals surface area contributed by atoms with Gasteiger partial charge >= 0.3 is 0 Å². The first kappa shape index (κ1) is 105. The maximum Gasteiger partial charge on any atom is 0.184 e. The third-order valence-corrected chi connectivity index (χ3v) is 19.6. The van der Waals surface area contributed by atoms with Crippen LogP contribution in [0, 0.1) is 34.2 Å². The molecule has 28 heteroatoms. The van der Waals surface area contributed by atoms with Crippen molar-refractivity contribution in [1.29, 1.82) is 0 Å². The van der Waals surface area contributed by atoms with Crippen LogP contribution in [0.25, 0.3) is 0 Å². The molecule has 0 saturated carbocycles. The predicted molar refractivity (Wildman–Crippen MR) is 521 cm³/mol. The molecule has 124 heavy (non-hydrogen) atoms. The number of rotatable bonds is 33. The number of carbonyl (C=O) groups excluding carboxylic acids is 5. The highest BCUT2D eigenvalue weighted by atomic mass is 35.5. The summed E-state index contributed by atoms with van der Waals surface area (Å²) in [5, 5.41) is 21.0. The van der Waals surface area contributed by atoms with E-state index in [1.165, 1.54) is 36.4 Å². The zero-order valence-corrected chi connectivity index (χ0v) is 77.2. The van der Waals surface area contributed by atoms with Gasteiger partial charge in [-0.2, -0.15) is 0 Å². The second-order valence-electron chi connectivity index (χ2n) is 30.1. The molecule has 0 aliphatic rings. The van der Waals surface area contributed by atoms with Crippen LogP contribution in [0.15, 0.2) is 249 Å². The zero-order chi connectivity index (χ0) is 90.3. The summed E-state index contributed by atoms with van der Waals surface area (Å²) < 4.78 is 42.0. The molecule has 15 nitrogen and oxygen atoms in total. The van der Waals surface area contributed by atoms with Gasteiger partial charge < -0.3 is 26.6 Å². The number of hydrogen-bond acceptors (Lipinski definition) is 15. The number of Topliss-reactive ketones (excluding diaryl/α,β-unsaturated/α-hetero) is 5. The Morgan fingerprint density at radius 3 is 0.823 bits per heavy atom. The van der Waals surface area contributed by atoms with E-state index < -0.39 is 28.3 Å². The number of nitrogens with zero attached hydrogens (tertiary/aromatic N) is 5. The van der Waals surface area contributed by atoms with Crippen molar-refractivity contribution in [3.63, 3.8) is 0 Å². The van der Waals surface area contributed by atoms with Crippen molar-refractivity contribution >= 4 is 230 Å². The Balaban J connectivity index is 0.000000275. The fourth-order valence-electron chi connectivity index (χ4n) is 10.6. The summed E-state index contributed by atoms with van der Waals surface area (Å²) in [4.78, 5) is 84.4. The normalized spacial score (nSPS) is 11.7. The van der Waals surface area contributed by atoms with E-state index in [1.807, 2.05) is 106 Å². The number of aliphatic imine (C=N–C) groups is 5. The maximum absolute atomic E-state index is 14.0. The van der Waals surface area contributed by atoms with Gasteiger partial charge in [0.1, 0.15) is 46.0 Å². The molecule has 10 aromatic rings. The molecule has 0 aliphatic heterocycles. The molecule has 656 valence electrons. The van der Waals surface area contributed by atoms with Gasteiger partial charge in [0.2, 0.25) is 0 Å². The third-order valence-electron chi connectivity index (χ3n) is 17.1. The van der Waals surface area contributed by atoms with Crippen molar-refractivity contribution in [2.45, 2.75) is 122 Å². The Bertz CT molecular complexity index is 5180. The molecule has 5 N–H and O–H groups in total. The Kier molecular flexibility index (Phi) is 45.6. The van der Waals surface area contributed by atoms with Gasteiger partial charge in [0, 0.05) is 109 Å². The summed E-state index contributed by atoms with van der Waals surface area (Å²) in [7, 11) is 0. The average molecular weight is 1890 g/mol. The Labute approximate surface area is 776 Å². The minimum absolute atomic E-state index is 0. The summed E-state index contributed by atoms with van der Waals surface area (Å²) >= 11 is 58.6. The van der Waals surface area contributed by atoms with Crippen LogP contribution in [-0.4, -0.2) is 90.2 Å². The van der Waals surface area contributed by atoms with Gasteiger partial charge in [-0.15, -0.1) is 0 Å². The predicted octanol–water partition coefficient (Wildman–Crippen LogP) is 30.3. The molecule has 10 rings (SSSR count). The first-order valence-corrected chi connectivity index (χ1v) is 43.0. The minimum atomic E-state index is -0.565. The van der Waals surface area contributed by atoms with Gasteiger partial charge in [-0.1, -0.05) is 218 Å². The molecule has 0 spiro atoms. The second-order valence-corrected chi connectivity index (χ2v) is 34.4. The molecular formula is C96H101Cl10F3N10O5. The summed E-state index contributed by atoms with van der Waals surface area (Å²) in [5.41, 5.74) is 6.51. The first-order chi connectivity index (χ1) is 58.3. The standard InChI is InChI=1S/3C19H19Cl2FN2O.2C19H20Cl2N2O.CH4/c1-12(2)8-19(25)18(11-23-15-5-3-4-13(20)9-15)24-17-7-6-14(21)10-16(17)22;1-2-3-7-19(25)18(12-23-15-6-4-5-13(20)10-15)24-17-9-8-14(21)11-16(17)22;1-2-3-4-19(25)18(12-23-15-8-5-13(20)6-9-15)24-17-10-7-14(21)11-16(17)22;2*1-19(2,3)18(24)17(23-16-10-6-14(21)7-11-16)12-22-15-8-4-13(20)5-9-15;/h3-7,9-10,12,23H,8,11H2,1-2H3;4-6,8-11,23H,2-3,7,12H2,1H3;5-11,23H,2-4,12H2,1H3;2*4-11,22H,12H2,1-3H3;1H4. The van der Waals surface area contributed by atoms with Gasteiger partial charge in [-0.05, 0) is 231 Å². The number of nitrogens with one attached hydrogen (secondary N) is 5. The van der Waals surface area contributed by atoms with Crippen LogP contribution < -0.4 is 26.6 Å². The molecule has 0 atom stereocenters. The molecule has 0 aliphatic carbocycles. The van der Waals surface area contributed by atoms with E-state index in [9.17, 15) is 37.1 Å². The van der Waals surface area contributed by atoms with Crippen LogP contribution in [-0.2, 0) is 24.0 Å². The highest BCUT2D eigenvalue weighted by molar-refractivity contribution is 6.45. The highest BCUT2D eigenvalue weighted by Gasteiger charge is 2.28. The molecule has 0 bridgehead atoms. The fourth-order valence-corrected chi connectivity index (χ4v) is 12.1. The molecule has 0 unspecified atom stereocenters. The van der Waals surface area contributed by atoms with Crippen LogP contribution in [0.5, 0.6) is 0 Å². The van der Waals surface area contributed by atoms with Crippen molar-refractivity contribution in [3.8, 4) is 0 Å². The molecule has 0 aromatic heterocycles. The van der Waals surface area contributed by atoms with Crippen molar-refractivity contribution in [2.75, 3.05) is 59.3 Å². The molecule has 0 fully saturated rings. The van der Waals surface area contributed by atoms with Crippen LogP contribution >= 0.6 is 116 Å². The Morgan fingerprint density at radius 2 is 0.565 bits per heavy atom. The van der Waals surface area contributed by atoms with E-state index in [0.717, 1.165) is 54.1 Å². The van der Waals surface area contributed by atoms with Gasteiger partial charge in [0.05, 0.1) is 61.2 Å². The average Bonchev–Trinajstić information content (AvgIpc) is 0.866. The molecule has 0 heterocycles. The third kappa shape index (κ3) is 39.4. The number of ketones is 5. The van der Waals surface area contributed by atoms with Gasteiger partial charge in [0.25, 0.3) is 0 Å². The summed E-state index contributed by atoms with van der Waals surface area (Å²) in [5.74, 6) is -1.83. The second kappa shape index (κ2) is 53.8. The summed E-state index contributed by atoms with van der Waals surface area (Å²) in [6, 6.07) is 62.8. The van der Waals surface area contributed by atoms with Gasteiger partial charge in [-0.25, -0.2) is 38.1 Å². The highest BCUT2D eigenvalue weighted by Crippen LogP contribution is 2.30. The van der Waals surface area contributed by atoms with Crippen molar-refractivity contribution in [1.82, 2.24) is 0 Å². The van der Waals surface area contributed by atoms with Crippen LogP contribution in [0.3, 0.4) is 0 Å². The van der Waals surface area contributed by atoms with E-state index in [2.05, 4.69) is 51.5 Å². The van der Waals surface area contributed by atoms with Gasteiger partial charge in [-0.3, -0.25) is 24.0 Å². The van der Waals surface area contributed by atoms with E-state index in [0.29, 0.717) is 90.3 Å². The van der Waals surface area contributed by atoms with Crippen molar-refractivity contribution in [2.24, 2.45) is 41.7 Å². The largest absolute Gasteiger partial charge is 0.379 e. The van der Waals surface area contributed by atoms with Crippen LogP contribution in [0.1, 0.15) is 122 Å². The van der Waals surface area contributed by atoms with E-state index in [4.69, 9.17) is 116 Å². The SMILES string of the molecule is C.CC(C)(C)C(=O)C(CNc1ccc(Cl)cc1)=Nc1ccc(Cl)cc1.CC(C)(C)C(=O)C(CNc1ccc(Cl)cc1)=Nc1ccc(Cl)cc1.CC(C)CC(=O)C(CNc1cccc(Cl)c1)=Nc1ccc(Cl)cc1F.CCCCC(=O)C(CNc1ccc(Cl)cc1)=Nc1ccc(Cl)cc1F.CCCCC(=O)C(CNc1cccc(Cl)c1)=Nc1ccc(Cl)cc1F. The Morgan fingerprint density at radius 1 is 0.315 bits per heavy atom. The lowest BCUT2D eigenvalue weighted by molar-refractivity contribution is -0.120. The number of anilines is 5. The van der Waals surface area contributed by atoms with E-state index in [-0.39, 0.29) is 111 Å².